The third kappa shape index (κ3) is 5.52. The maximum absolute atomic E-state index is 11.8. The molecular formula is C20H20N4O4S. The van der Waals surface area contributed by atoms with Gasteiger partial charge in [-0.15, -0.1) is 0 Å². The molecule has 2 aromatic carbocycles. The molecule has 0 radical (unpaired) electrons. The molecule has 2 N–H and O–H groups in total. The number of aromatic nitrogens is 2. The second-order valence-corrected chi connectivity index (χ2v) is 6.26. The minimum Gasteiger partial charge on any atom is -0.497 e. The Balaban J connectivity index is 1.55. The van der Waals surface area contributed by atoms with Crippen LogP contribution < -0.4 is 15.4 Å². The standard InChI is InChI=1S/C20H20N4O4S/c1-3-27-19(25)14-5-4-6-15(11-14)22-20(29)21-12-17-23-18(24-28-17)13-7-9-16(26-2)10-8-13/h4-11H,3,12H2,1-2H3,(H2,21,22,29). The summed E-state index contributed by atoms with van der Waals surface area (Å²) in [7, 11) is 1.61. The Labute approximate surface area is 173 Å². The molecule has 29 heavy (non-hydrogen) atoms. The highest BCUT2D eigenvalue weighted by molar-refractivity contribution is 7.80. The first-order valence-corrected chi connectivity index (χ1v) is 9.29. The van der Waals surface area contributed by atoms with E-state index in [0.717, 1.165) is 11.3 Å². The van der Waals surface area contributed by atoms with Crippen molar-refractivity contribution in [2.45, 2.75) is 13.5 Å². The number of rotatable bonds is 7. The van der Waals surface area contributed by atoms with Crippen LogP contribution in [0.3, 0.4) is 0 Å². The SMILES string of the molecule is CCOC(=O)c1cccc(NC(=S)NCc2nc(-c3ccc(OC)cc3)no2)c1. The number of nitrogens with zero attached hydrogens (tertiary/aromatic N) is 2. The Morgan fingerprint density at radius 1 is 1.21 bits per heavy atom. The molecule has 0 spiro atoms. The van der Waals surface area contributed by atoms with Gasteiger partial charge in [0.1, 0.15) is 5.75 Å². The van der Waals surface area contributed by atoms with Gasteiger partial charge in [0.2, 0.25) is 11.7 Å². The van der Waals surface area contributed by atoms with Crippen LogP contribution in [0, 0.1) is 0 Å². The minimum atomic E-state index is -0.382. The summed E-state index contributed by atoms with van der Waals surface area (Å²) in [4.78, 5) is 16.2. The molecule has 0 aliphatic heterocycles. The molecule has 3 rings (SSSR count). The molecule has 0 saturated carbocycles. The molecule has 9 heteroatoms. The van der Waals surface area contributed by atoms with Crippen LogP contribution in [-0.2, 0) is 11.3 Å². The van der Waals surface area contributed by atoms with E-state index < -0.39 is 0 Å². The van der Waals surface area contributed by atoms with Crippen molar-refractivity contribution < 1.29 is 18.8 Å². The number of carbonyl (C=O) groups excluding carboxylic acids is 1. The predicted octanol–water partition coefficient (Wildman–Crippen LogP) is 3.41. The zero-order valence-electron chi connectivity index (χ0n) is 16.0. The first kappa shape index (κ1) is 20.3. The summed E-state index contributed by atoms with van der Waals surface area (Å²) in [5.41, 5.74) is 1.93. The number of ether oxygens (including phenoxy) is 2. The first-order valence-electron chi connectivity index (χ1n) is 8.88. The number of thiocarbonyl (C=S) groups is 1. The summed E-state index contributed by atoms with van der Waals surface area (Å²) in [5, 5.41) is 10.3. The van der Waals surface area contributed by atoms with E-state index in [2.05, 4.69) is 20.8 Å². The van der Waals surface area contributed by atoms with Crippen LogP contribution in [0.2, 0.25) is 0 Å². The van der Waals surface area contributed by atoms with Crippen molar-refractivity contribution in [2.24, 2.45) is 0 Å². The van der Waals surface area contributed by atoms with Crippen molar-refractivity contribution >= 4 is 29.0 Å². The van der Waals surface area contributed by atoms with E-state index in [0.29, 0.717) is 34.7 Å². The summed E-state index contributed by atoms with van der Waals surface area (Å²) in [6, 6.07) is 14.2. The Hall–Kier alpha value is -3.46. The van der Waals surface area contributed by atoms with Gasteiger partial charge in [0.05, 0.1) is 25.8 Å². The topological polar surface area (TPSA) is 98.5 Å². The molecule has 0 amide bonds. The second kappa shape index (κ2) is 9.65. The summed E-state index contributed by atoms with van der Waals surface area (Å²) in [5.74, 6) is 1.24. The fourth-order valence-electron chi connectivity index (χ4n) is 2.45. The van der Waals surface area contributed by atoms with Gasteiger partial charge >= 0.3 is 5.97 Å². The lowest BCUT2D eigenvalue weighted by molar-refractivity contribution is 0.0526. The number of nitrogens with one attached hydrogen (secondary N) is 2. The van der Waals surface area contributed by atoms with E-state index in [-0.39, 0.29) is 12.5 Å². The number of benzene rings is 2. The molecule has 1 heterocycles. The Morgan fingerprint density at radius 2 is 2.00 bits per heavy atom. The normalized spacial score (nSPS) is 10.3. The molecule has 3 aromatic rings. The minimum absolute atomic E-state index is 0.257. The van der Waals surface area contributed by atoms with Crippen LogP contribution >= 0.6 is 12.2 Å². The summed E-state index contributed by atoms with van der Waals surface area (Å²) >= 11 is 5.28. The van der Waals surface area contributed by atoms with Gasteiger partial charge in [0.15, 0.2) is 5.11 Å². The zero-order valence-corrected chi connectivity index (χ0v) is 16.8. The summed E-state index contributed by atoms with van der Waals surface area (Å²) in [6.45, 7) is 2.34. The van der Waals surface area contributed by atoms with Gasteiger partial charge in [-0.2, -0.15) is 4.98 Å². The molecule has 150 valence electrons. The zero-order chi connectivity index (χ0) is 20.6. The third-order valence-corrected chi connectivity index (χ3v) is 4.09. The molecule has 0 saturated heterocycles. The van der Waals surface area contributed by atoms with Gasteiger partial charge in [0, 0.05) is 11.3 Å². The van der Waals surface area contributed by atoms with Gasteiger partial charge < -0.3 is 24.6 Å². The second-order valence-electron chi connectivity index (χ2n) is 5.85. The van der Waals surface area contributed by atoms with Crippen molar-refractivity contribution in [3.8, 4) is 17.1 Å². The van der Waals surface area contributed by atoms with E-state index in [4.69, 9.17) is 26.2 Å². The van der Waals surface area contributed by atoms with E-state index in [9.17, 15) is 4.79 Å². The van der Waals surface area contributed by atoms with Crippen LogP contribution in [0.5, 0.6) is 5.75 Å². The molecular weight excluding hydrogens is 392 g/mol. The third-order valence-electron chi connectivity index (χ3n) is 3.85. The lowest BCUT2D eigenvalue weighted by atomic mass is 10.2. The number of hydrogen-bond donors (Lipinski definition) is 2. The lowest BCUT2D eigenvalue weighted by Crippen LogP contribution is -2.28. The fourth-order valence-corrected chi connectivity index (χ4v) is 2.64. The molecule has 0 fully saturated rings. The number of anilines is 1. The molecule has 0 atom stereocenters. The van der Waals surface area contributed by atoms with Crippen LogP contribution in [0.1, 0.15) is 23.2 Å². The van der Waals surface area contributed by atoms with E-state index in [1.807, 2.05) is 24.3 Å². The summed E-state index contributed by atoms with van der Waals surface area (Å²) < 4.78 is 15.4. The predicted molar refractivity (Wildman–Crippen MR) is 112 cm³/mol. The molecule has 0 unspecified atom stereocenters. The lowest BCUT2D eigenvalue weighted by Gasteiger charge is -2.10. The quantitative estimate of drug-likeness (QED) is 0.447. The highest BCUT2D eigenvalue weighted by Crippen LogP contribution is 2.19. The highest BCUT2D eigenvalue weighted by Gasteiger charge is 2.10. The summed E-state index contributed by atoms with van der Waals surface area (Å²) in [6.07, 6.45) is 0. The van der Waals surface area contributed by atoms with Crippen molar-refractivity contribution in [2.75, 3.05) is 19.0 Å². The van der Waals surface area contributed by atoms with Crippen molar-refractivity contribution in [3.05, 3.63) is 60.0 Å². The van der Waals surface area contributed by atoms with Gasteiger partial charge in [-0.25, -0.2) is 4.79 Å². The van der Waals surface area contributed by atoms with Gasteiger partial charge in [0.25, 0.3) is 0 Å². The number of carbonyl (C=O) groups is 1. The highest BCUT2D eigenvalue weighted by atomic mass is 32.1. The van der Waals surface area contributed by atoms with Crippen LogP contribution in [0.15, 0.2) is 53.1 Å². The van der Waals surface area contributed by atoms with Crippen molar-refractivity contribution in [1.29, 1.82) is 0 Å². The Morgan fingerprint density at radius 3 is 2.72 bits per heavy atom. The van der Waals surface area contributed by atoms with E-state index in [1.165, 1.54) is 0 Å². The number of methoxy groups -OCH3 is 1. The molecule has 1 aromatic heterocycles. The first-order chi connectivity index (χ1) is 14.1. The molecule has 0 bridgehead atoms. The maximum Gasteiger partial charge on any atom is 0.338 e. The van der Waals surface area contributed by atoms with Crippen molar-refractivity contribution in [3.63, 3.8) is 0 Å². The van der Waals surface area contributed by atoms with Gasteiger partial charge in [-0.1, -0.05) is 11.2 Å². The van der Waals surface area contributed by atoms with E-state index in [1.54, 1.807) is 38.3 Å². The monoisotopic (exact) mass is 412 g/mol. The van der Waals surface area contributed by atoms with Crippen LogP contribution in [0.25, 0.3) is 11.4 Å². The van der Waals surface area contributed by atoms with Gasteiger partial charge in [-0.3, -0.25) is 0 Å². The molecule has 0 aliphatic rings. The van der Waals surface area contributed by atoms with E-state index >= 15 is 0 Å². The smallest absolute Gasteiger partial charge is 0.338 e. The number of esters is 1. The van der Waals surface area contributed by atoms with Crippen LogP contribution in [0.4, 0.5) is 5.69 Å². The number of hydrogen-bond acceptors (Lipinski definition) is 7. The fraction of sp³-hybridized carbons (Fsp3) is 0.200. The molecule has 8 nitrogen and oxygen atoms in total. The van der Waals surface area contributed by atoms with Crippen LogP contribution in [-0.4, -0.2) is 34.9 Å². The van der Waals surface area contributed by atoms with Gasteiger partial charge in [-0.05, 0) is 61.6 Å². The largest absolute Gasteiger partial charge is 0.497 e. The Bertz CT molecular complexity index is 988. The average molecular weight is 412 g/mol. The van der Waals surface area contributed by atoms with Crippen molar-refractivity contribution in [1.82, 2.24) is 15.5 Å². The average Bonchev–Trinajstić information content (AvgIpc) is 3.22. The Kier molecular flexibility index (Phi) is 6.75. The maximum atomic E-state index is 11.8. The molecule has 0 aliphatic carbocycles.